The van der Waals surface area contributed by atoms with E-state index in [9.17, 15) is 0 Å². The topological polar surface area (TPSA) is 9.23 Å². The summed E-state index contributed by atoms with van der Waals surface area (Å²) in [6.45, 7) is 9.15. The molecule has 3 aromatic carbocycles. The van der Waals surface area contributed by atoms with Crippen molar-refractivity contribution in [2.24, 2.45) is 0 Å². The van der Waals surface area contributed by atoms with E-state index in [1.165, 1.54) is 50.1 Å². The highest BCUT2D eigenvalue weighted by Gasteiger charge is 2.24. The molecule has 26 heavy (non-hydrogen) atoms. The summed E-state index contributed by atoms with van der Waals surface area (Å²) in [6.07, 6.45) is 0. The fourth-order valence-electron chi connectivity index (χ4n) is 3.58. The Morgan fingerprint density at radius 3 is 1.85 bits per heavy atom. The average Bonchev–Trinajstić information content (AvgIpc) is 2.65. The first kappa shape index (κ1) is 16.7. The molecule has 0 atom stereocenters. The quantitative estimate of drug-likeness (QED) is 0.534. The molecule has 1 nitrogen and oxygen atoms in total. The van der Waals surface area contributed by atoms with Gasteiger partial charge >= 0.3 is 0 Å². The van der Waals surface area contributed by atoms with Crippen LogP contribution in [0.1, 0.15) is 38.9 Å². The van der Waals surface area contributed by atoms with E-state index in [2.05, 4.69) is 88.4 Å². The van der Waals surface area contributed by atoms with Crippen molar-refractivity contribution in [1.82, 2.24) is 0 Å². The molecule has 0 N–H and O–H groups in total. The van der Waals surface area contributed by atoms with E-state index < -0.39 is 0 Å². The maximum absolute atomic E-state index is 6.25. The zero-order valence-electron chi connectivity index (χ0n) is 15.9. The van der Waals surface area contributed by atoms with Gasteiger partial charge in [-0.2, -0.15) is 0 Å². The zero-order chi connectivity index (χ0) is 18.3. The fourth-order valence-corrected chi connectivity index (χ4v) is 3.58. The predicted octanol–water partition coefficient (Wildman–Crippen LogP) is 6.27. The molecule has 0 aliphatic carbocycles. The molecule has 0 amide bonds. The van der Waals surface area contributed by atoms with Crippen LogP contribution in [0.4, 0.5) is 0 Å². The molecule has 4 rings (SSSR count). The van der Waals surface area contributed by atoms with Gasteiger partial charge in [-0.25, -0.2) is 0 Å². The van der Waals surface area contributed by atoms with Gasteiger partial charge in [-0.15, -0.1) is 0 Å². The Morgan fingerprint density at radius 1 is 0.654 bits per heavy atom. The molecule has 3 aromatic rings. The third kappa shape index (κ3) is 2.84. The molecule has 0 spiro atoms. The van der Waals surface area contributed by atoms with Crippen LogP contribution in [0.5, 0.6) is 5.75 Å². The summed E-state index contributed by atoms with van der Waals surface area (Å²) in [7, 11) is 0. The second-order valence-electron chi connectivity index (χ2n) is 7.26. The third-order valence-electron chi connectivity index (χ3n) is 5.35. The lowest BCUT2D eigenvalue weighted by Crippen LogP contribution is -2.13. The average molecular weight is 340 g/mol. The van der Waals surface area contributed by atoms with E-state index >= 15 is 0 Å². The SMILES string of the molecule is Cc1ccc(C2=C(c3ccc(C)cc3)c3ccc(C)c(C)c3OC2)cc1. The third-order valence-corrected chi connectivity index (χ3v) is 5.35. The maximum Gasteiger partial charge on any atom is 0.130 e. The van der Waals surface area contributed by atoms with E-state index in [4.69, 9.17) is 4.74 Å². The minimum atomic E-state index is 0.601. The van der Waals surface area contributed by atoms with E-state index in [1.807, 2.05) is 0 Å². The summed E-state index contributed by atoms with van der Waals surface area (Å²) in [5.74, 6) is 1.02. The first-order valence-electron chi connectivity index (χ1n) is 9.15. The van der Waals surface area contributed by atoms with Gasteiger partial charge in [-0.05, 0) is 55.5 Å². The lowest BCUT2D eigenvalue weighted by Gasteiger charge is -2.27. The molecule has 1 aliphatic rings. The first-order valence-corrected chi connectivity index (χ1v) is 9.15. The van der Waals surface area contributed by atoms with E-state index in [1.54, 1.807) is 0 Å². The Kier molecular flexibility index (Phi) is 4.16. The maximum atomic E-state index is 6.25. The van der Waals surface area contributed by atoms with Crippen LogP contribution in [-0.4, -0.2) is 6.61 Å². The molecule has 0 radical (unpaired) electrons. The number of hydrogen-bond acceptors (Lipinski definition) is 1. The molecule has 0 saturated carbocycles. The second kappa shape index (κ2) is 6.49. The monoisotopic (exact) mass is 340 g/mol. The van der Waals surface area contributed by atoms with Crippen LogP contribution in [0.3, 0.4) is 0 Å². The van der Waals surface area contributed by atoms with Gasteiger partial charge in [0.1, 0.15) is 12.4 Å². The van der Waals surface area contributed by atoms with Crippen LogP contribution in [0.15, 0.2) is 60.7 Å². The van der Waals surface area contributed by atoms with Crippen LogP contribution < -0.4 is 4.74 Å². The number of rotatable bonds is 2. The molecule has 0 saturated heterocycles. The Morgan fingerprint density at radius 2 is 1.23 bits per heavy atom. The summed E-state index contributed by atoms with van der Waals surface area (Å²) >= 11 is 0. The number of aryl methyl sites for hydroxylation is 3. The van der Waals surface area contributed by atoms with Crippen LogP contribution in [0.2, 0.25) is 0 Å². The van der Waals surface area contributed by atoms with Gasteiger partial charge in [0.25, 0.3) is 0 Å². The number of ether oxygens (including phenoxy) is 1. The molecule has 130 valence electrons. The summed E-state index contributed by atoms with van der Waals surface area (Å²) in [5.41, 5.74) is 11.3. The predicted molar refractivity (Wildman–Crippen MR) is 110 cm³/mol. The lowest BCUT2D eigenvalue weighted by atomic mass is 9.86. The van der Waals surface area contributed by atoms with Crippen molar-refractivity contribution < 1.29 is 4.74 Å². The zero-order valence-corrected chi connectivity index (χ0v) is 15.9. The summed E-state index contributed by atoms with van der Waals surface area (Å²) in [5, 5.41) is 0. The number of fused-ring (bicyclic) bond motifs is 1. The first-order chi connectivity index (χ1) is 12.5. The molecule has 0 bridgehead atoms. The molecule has 0 fully saturated rings. The summed E-state index contributed by atoms with van der Waals surface area (Å²) < 4.78 is 6.25. The van der Waals surface area contributed by atoms with Gasteiger partial charge < -0.3 is 4.74 Å². The molecule has 0 aromatic heterocycles. The van der Waals surface area contributed by atoms with Gasteiger partial charge in [0.2, 0.25) is 0 Å². The van der Waals surface area contributed by atoms with E-state index in [0.717, 1.165) is 5.75 Å². The van der Waals surface area contributed by atoms with Crippen LogP contribution in [0, 0.1) is 27.7 Å². The largest absolute Gasteiger partial charge is 0.488 e. The minimum absolute atomic E-state index is 0.601. The number of hydrogen-bond donors (Lipinski definition) is 0. The van der Waals surface area contributed by atoms with Crippen molar-refractivity contribution in [2.45, 2.75) is 27.7 Å². The molecule has 1 heteroatoms. The Hall–Kier alpha value is -2.80. The molecule has 0 unspecified atom stereocenters. The van der Waals surface area contributed by atoms with Crippen molar-refractivity contribution in [3.63, 3.8) is 0 Å². The minimum Gasteiger partial charge on any atom is -0.488 e. The van der Waals surface area contributed by atoms with Crippen molar-refractivity contribution >= 4 is 11.1 Å². The van der Waals surface area contributed by atoms with Crippen molar-refractivity contribution in [3.8, 4) is 5.75 Å². The highest BCUT2D eigenvalue weighted by atomic mass is 16.5. The normalized spacial score (nSPS) is 13.4. The summed E-state index contributed by atoms with van der Waals surface area (Å²) in [6, 6.07) is 22.0. The van der Waals surface area contributed by atoms with E-state index in [0.29, 0.717) is 6.61 Å². The molecular weight excluding hydrogens is 316 g/mol. The second-order valence-corrected chi connectivity index (χ2v) is 7.26. The molecule has 1 aliphatic heterocycles. The van der Waals surface area contributed by atoms with Gasteiger partial charge in [0.05, 0.1) is 0 Å². The van der Waals surface area contributed by atoms with Gasteiger partial charge in [0, 0.05) is 11.1 Å². The van der Waals surface area contributed by atoms with Crippen LogP contribution in [0.25, 0.3) is 11.1 Å². The Bertz CT molecular complexity index is 990. The number of benzene rings is 3. The molecule has 1 heterocycles. The Labute approximate surface area is 156 Å². The van der Waals surface area contributed by atoms with Crippen molar-refractivity contribution in [3.05, 3.63) is 99.6 Å². The van der Waals surface area contributed by atoms with Crippen molar-refractivity contribution in [1.29, 1.82) is 0 Å². The van der Waals surface area contributed by atoms with Gasteiger partial charge in [-0.1, -0.05) is 71.8 Å². The molecular formula is C25H24O. The standard InChI is InChI=1S/C25H24O/c1-16-5-10-20(11-6-16)23-15-26-25-19(4)18(3)9-14-22(25)24(23)21-12-7-17(2)8-13-21/h5-14H,15H2,1-4H3. The smallest absolute Gasteiger partial charge is 0.130 e. The van der Waals surface area contributed by atoms with Gasteiger partial charge in [0.15, 0.2) is 0 Å². The lowest BCUT2D eigenvalue weighted by molar-refractivity contribution is 0.362. The van der Waals surface area contributed by atoms with Crippen LogP contribution >= 0.6 is 0 Å². The van der Waals surface area contributed by atoms with Crippen molar-refractivity contribution in [2.75, 3.05) is 6.61 Å². The highest BCUT2D eigenvalue weighted by Crippen LogP contribution is 2.43. The van der Waals surface area contributed by atoms with Gasteiger partial charge in [-0.3, -0.25) is 0 Å². The Balaban J connectivity index is 2.00. The van der Waals surface area contributed by atoms with E-state index in [-0.39, 0.29) is 0 Å². The van der Waals surface area contributed by atoms with Crippen LogP contribution in [-0.2, 0) is 0 Å². The fraction of sp³-hybridized carbons (Fsp3) is 0.200. The summed E-state index contributed by atoms with van der Waals surface area (Å²) in [4.78, 5) is 0. The highest BCUT2D eigenvalue weighted by molar-refractivity contribution is 6.02.